The van der Waals surface area contributed by atoms with E-state index in [9.17, 15) is 9.59 Å². The second-order valence-corrected chi connectivity index (χ2v) is 5.74. The minimum atomic E-state index is -0.718. The molecule has 6 heteroatoms. The summed E-state index contributed by atoms with van der Waals surface area (Å²) in [6.07, 6.45) is 2.13. The van der Waals surface area contributed by atoms with Crippen molar-refractivity contribution >= 4 is 28.5 Å². The van der Waals surface area contributed by atoms with Gasteiger partial charge in [0.1, 0.15) is 5.56 Å². The zero-order valence-electron chi connectivity index (χ0n) is 12.1. The van der Waals surface area contributed by atoms with E-state index in [0.29, 0.717) is 16.8 Å². The summed E-state index contributed by atoms with van der Waals surface area (Å²) >= 11 is 6.32. The van der Waals surface area contributed by atoms with E-state index in [2.05, 4.69) is 9.72 Å². The Hall–Kier alpha value is -1.88. The molecule has 0 bridgehead atoms. The number of hydrogen-bond donors (Lipinski definition) is 0. The highest BCUT2D eigenvalue weighted by Crippen LogP contribution is 2.42. The quantitative estimate of drug-likeness (QED) is 0.800. The monoisotopic (exact) mass is 306 g/mol. The highest BCUT2D eigenvalue weighted by molar-refractivity contribution is 6.38. The van der Waals surface area contributed by atoms with Gasteiger partial charge in [-0.2, -0.15) is 0 Å². The SMILES string of the molecule is COC(=O)c1c(Cl)c2cc(C)nc(C3CC3)c2n(C)c1=O. The summed E-state index contributed by atoms with van der Waals surface area (Å²) in [5.41, 5.74) is 1.85. The summed E-state index contributed by atoms with van der Waals surface area (Å²) in [7, 11) is 2.87. The van der Waals surface area contributed by atoms with Gasteiger partial charge in [0.2, 0.25) is 0 Å². The molecule has 2 aromatic rings. The molecule has 1 aliphatic carbocycles. The van der Waals surface area contributed by atoms with Gasteiger partial charge in [-0.1, -0.05) is 11.6 Å². The van der Waals surface area contributed by atoms with Gasteiger partial charge in [0.15, 0.2) is 0 Å². The highest BCUT2D eigenvalue weighted by Gasteiger charge is 2.30. The van der Waals surface area contributed by atoms with Gasteiger partial charge in [-0.25, -0.2) is 4.79 Å². The molecule has 0 radical (unpaired) electrons. The second-order valence-electron chi connectivity index (χ2n) is 5.36. The number of halogens is 1. The van der Waals surface area contributed by atoms with Crippen LogP contribution in [0.1, 0.15) is 40.5 Å². The van der Waals surface area contributed by atoms with Crippen LogP contribution >= 0.6 is 11.6 Å². The number of carbonyl (C=O) groups is 1. The molecule has 0 atom stereocenters. The van der Waals surface area contributed by atoms with E-state index < -0.39 is 11.5 Å². The van der Waals surface area contributed by atoms with Crippen molar-refractivity contribution in [2.24, 2.45) is 7.05 Å². The Bertz CT molecular complexity index is 822. The number of rotatable bonds is 2. The van der Waals surface area contributed by atoms with Gasteiger partial charge < -0.3 is 9.30 Å². The topological polar surface area (TPSA) is 61.2 Å². The summed E-state index contributed by atoms with van der Waals surface area (Å²) in [6, 6.07) is 1.80. The molecule has 0 aliphatic heterocycles. The Morgan fingerprint density at radius 3 is 2.71 bits per heavy atom. The first-order chi connectivity index (χ1) is 9.95. The van der Waals surface area contributed by atoms with Gasteiger partial charge >= 0.3 is 5.97 Å². The zero-order chi connectivity index (χ0) is 15.3. The molecule has 0 spiro atoms. The highest BCUT2D eigenvalue weighted by atomic mass is 35.5. The lowest BCUT2D eigenvalue weighted by molar-refractivity contribution is 0.0598. The van der Waals surface area contributed by atoms with Crippen molar-refractivity contribution in [1.82, 2.24) is 9.55 Å². The van der Waals surface area contributed by atoms with Crippen molar-refractivity contribution < 1.29 is 9.53 Å². The van der Waals surface area contributed by atoms with E-state index in [1.807, 2.05) is 6.92 Å². The summed E-state index contributed by atoms with van der Waals surface area (Å²) < 4.78 is 6.12. The number of ether oxygens (including phenoxy) is 1. The Balaban J connectivity index is 2.47. The molecule has 1 fully saturated rings. The van der Waals surface area contributed by atoms with Crippen LogP contribution in [0.25, 0.3) is 10.9 Å². The lowest BCUT2D eigenvalue weighted by Gasteiger charge is -2.14. The number of nitrogens with zero attached hydrogens (tertiary/aromatic N) is 2. The number of carbonyl (C=O) groups excluding carboxylic acids is 1. The summed E-state index contributed by atoms with van der Waals surface area (Å²) in [6.45, 7) is 1.88. The third-order valence-corrected chi connectivity index (χ3v) is 4.20. The van der Waals surface area contributed by atoms with Gasteiger partial charge in [-0.05, 0) is 25.8 Å². The number of fused-ring (bicyclic) bond motifs is 1. The first-order valence-electron chi connectivity index (χ1n) is 6.73. The maximum Gasteiger partial charge on any atom is 0.345 e. The molecule has 2 heterocycles. The molecule has 5 nitrogen and oxygen atoms in total. The third kappa shape index (κ3) is 2.12. The fraction of sp³-hybridized carbons (Fsp3) is 0.400. The first kappa shape index (κ1) is 14.1. The molecular formula is C15H15ClN2O3. The summed E-state index contributed by atoms with van der Waals surface area (Å²) in [5, 5.41) is 0.820. The van der Waals surface area contributed by atoms with E-state index in [4.69, 9.17) is 11.6 Å². The molecule has 21 heavy (non-hydrogen) atoms. The average Bonchev–Trinajstić information content (AvgIpc) is 3.28. The Labute approximate surface area is 126 Å². The van der Waals surface area contributed by atoms with E-state index in [-0.39, 0.29) is 10.6 Å². The molecule has 110 valence electrons. The van der Waals surface area contributed by atoms with Crippen LogP contribution in [0.5, 0.6) is 0 Å². The predicted molar refractivity (Wildman–Crippen MR) is 80.0 cm³/mol. The lowest BCUT2D eigenvalue weighted by Crippen LogP contribution is -2.27. The van der Waals surface area contributed by atoms with Crippen molar-refractivity contribution in [3.8, 4) is 0 Å². The largest absolute Gasteiger partial charge is 0.465 e. The molecule has 0 saturated heterocycles. The minimum absolute atomic E-state index is 0.124. The number of methoxy groups -OCH3 is 1. The Kier molecular flexibility index (Phi) is 3.24. The van der Waals surface area contributed by atoms with E-state index in [0.717, 1.165) is 24.2 Å². The molecule has 2 aromatic heterocycles. The fourth-order valence-electron chi connectivity index (χ4n) is 2.63. The van der Waals surface area contributed by atoms with Crippen LogP contribution < -0.4 is 5.56 Å². The second kappa shape index (κ2) is 4.84. The van der Waals surface area contributed by atoms with Crippen molar-refractivity contribution in [2.75, 3.05) is 7.11 Å². The minimum Gasteiger partial charge on any atom is -0.465 e. The molecule has 1 aliphatic rings. The third-order valence-electron chi connectivity index (χ3n) is 3.81. The zero-order valence-corrected chi connectivity index (χ0v) is 12.8. The van der Waals surface area contributed by atoms with E-state index in [1.165, 1.54) is 11.7 Å². The average molecular weight is 307 g/mol. The maximum absolute atomic E-state index is 12.4. The van der Waals surface area contributed by atoms with Gasteiger partial charge in [0.25, 0.3) is 5.56 Å². The summed E-state index contributed by atoms with van der Waals surface area (Å²) in [4.78, 5) is 28.8. The number of aromatic nitrogens is 2. The number of hydrogen-bond acceptors (Lipinski definition) is 4. The maximum atomic E-state index is 12.4. The van der Waals surface area contributed by atoms with Gasteiger partial charge in [-0.15, -0.1) is 0 Å². The standard InChI is InChI=1S/C15H15ClN2O3/c1-7-6-9-11(16)10(15(20)21-3)14(19)18(2)13(9)12(17-7)8-4-5-8/h6,8H,4-5H2,1-3H3. The van der Waals surface area contributed by atoms with Gasteiger partial charge in [0, 0.05) is 24.0 Å². The van der Waals surface area contributed by atoms with Crippen molar-refractivity contribution in [3.63, 3.8) is 0 Å². The van der Waals surface area contributed by atoms with Gasteiger partial charge in [-0.3, -0.25) is 9.78 Å². The smallest absolute Gasteiger partial charge is 0.345 e. The van der Waals surface area contributed by atoms with Crippen LogP contribution in [0.2, 0.25) is 5.02 Å². The molecule has 0 aromatic carbocycles. The molecule has 3 rings (SSSR count). The molecule has 0 amide bonds. The first-order valence-corrected chi connectivity index (χ1v) is 7.11. The van der Waals surface area contributed by atoms with Crippen molar-refractivity contribution in [1.29, 1.82) is 0 Å². The Morgan fingerprint density at radius 2 is 2.14 bits per heavy atom. The van der Waals surface area contributed by atoms with Crippen LogP contribution in [0, 0.1) is 6.92 Å². The number of pyridine rings is 2. The Morgan fingerprint density at radius 1 is 1.48 bits per heavy atom. The van der Waals surface area contributed by atoms with Crippen LogP contribution in [0.4, 0.5) is 0 Å². The van der Waals surface area contributed by atoms with E-state index >= 15 is 0 Å². The van der Waals surface area contributed by atoms with Crippen molar-refractivity contribution in [3.05, 3.63) is 38.4 Å². The molecule has 0 unspecified atom stereocenters. The summed E-state index contributed by atoms with van der Waals surface area (Å²) in [5.74, 6) is -0.344. The van der Waals surface area contributed by atoms with Crippen LogP contribution in [-0.4, -0.2) is 22.6 Å². The predicted octanol–water partition coefficient (Wildman–Crippen LogP) is 2.56. The van der Waals surface area contributed by atoms with Crippen LogP contribution in [-0.2, 0) is 11.8 Å². The number of esters is 1. The molecule has 1 saturated carbocycles. The molecule has 0 N–H and O–H groups in total. The van der Waals surface area contributed by atoms with Crippen LogP contribution in [0.3, 0.4) is 0 Å². The van der Waals surface area contributed by atoms with E-state index in [1.54, 1.807) is 13.1 Å². The van der Waals surface area contributed by atoms with Crippen molar-refractivity contribution in [2.45, 2.75) is 25.7 Å². The van der Waals surface area contributed by atoms with Gasteiger partial charge in [0.05, 0.1) is 23.3 Å². The lowest BCUT2D eigenvalue weighted by atomic mass is 10.1. The normalized spacial score (nSPS) is 14.5. The fourth-order valence-corrected chi connectivity index (χ4v) is 2.93. The number of aryl methyl sites for hydroxylation is 2. The molecular weight excluding hydrogens is 292 g/mol. The van der Waals surface area contributed by atoms with Crippen LogP contribution in [0.15, 0.2) is 10.9 Å².